The number of ether oxygens (including phenoxy) is 1. The molecule has 1 aliphatic rings. The van der Waals surface area contributed by atoms with Gasteiger partial charge in [-0.15, -0.1) is 0 Å². The van der Waals surface area contributed by atoms with E-state index in [1.807, 2.05) is 0 Å². The molecule has 0 unspecified atom stereocenters. The van der Waals surface area contributed by atoms with E-state index in [2.05, 4.69) is 15.4 Å². The van der Waals surface area contributed by atoms with E-state index in [1.165, 1.54) is 24.3 Å². The zero-order valence-electron chi connectivity index (χ0n) is 19.5. The van der Waals surface area contributed by atoms with Crippen molar-refractivity contribution >= 4 is 39.2 Å². The molecule has 0 saturated carbocycles. The summed E-state index contributed by atoms with van der Waals surface area (Å²) in [7, 11) is -4.10. The molecule has 0 spiro atoms. The van der Waals surface area contributed by atoms with Crippen LogP contribution in [0.3, 0.4) is 0 Å². The van der Waals surface area contributed by atoms with Crippen molar-refractivity contribution in [3.05, 3.63) is 89.5 Å². The van der Waals surface area contributed by atoms with Crippen LogP contribution >= 0.6 is 0 Å². The van der Waals surface area contributed by atoms with Crippen LogP contribution in [0, 0.1) is 0 Å². The number of carbonyl (C=O) groups excluding carboxylic acids is 3. The Balaban J connectivity index is 1.57. The van der Waals surface area contributed by atoms with Gasteiger partial charge in [0, 0.05) is 17.8 Å². The highest BCUT2D eigenvalue weighted by molar-refractivity contribution is 7.89. The number of amides is 2. The molecule has 0 aliphatic carbocycles. The first-order valence-electron chi connectivity index (χ1n) is 11.3. The Morgan fingerprint density at radius 3 is 2.42 bits per heavy atom. The van der Waals surface area contributed by atoms with E-state index in [4.69, 9.17) is 4.74 Å². The van der Waals surface area contributed by atoms with Gasteiger partial charge in [-0.05, 0) is 66.9 Å². The molecule has 1 atom stereocenters. The molecule has 3 aromatic carbocycles. The molecule has 2 amide bonds. The van der Waals surface area contributed by atoms with Crippen LogP contribution < -0.4 is 15.4 Å². The molecule has 0 fully saturated rings. The number of aryl methyl sites for hydroxylation is 1. The van der Waals surface area contributed by atoms with E-state index >= 15 is 0 Å². The molecule has 0 aromatic heterocycles. The first-order chi connectivity index (χ1) is 17.3. The van der Waals surface area contributed by atoms with Crippen LogP contribution in [0.5, 0.6) is 0 Å². The van der Waals surface area contributed by atoms with E-state index in [0.717, 1.165) is 0 Å². The smallest absolute Gasteiger partial charge is 0.338 e. The number of benzene rings is 3. The van der Waals surface area contributed by atoms with Gasteiger partial charge in [0.2, 0.25) is 21.8 Å². The third-order valence-electron chi connectivity index (χ3n) is 5.61. The SMILES string of the molecule is CCOC(=O)c1ccc(NC(=O)[C@H](NS(=O)(=O)c2ccc3c(c2)CCC(=O)N3)c2ccccc2)cc1. The standard InChI is InChI=1S/C26H25N3O6S/c1-2-35-26(32)18-8-11-20(12-9-18)27-25(31)24(17-6-4-3-5-7-17)29-36(33,34)21-13-14-22-19(16-21)10-15-23(30)28-22/h3-9,11-14,16,24,29H,2,10,15H2,1H3,(H,27,31)(H,28,30)/t24-/m1/s1. The van der Waals surface area contributed by atoms with E-state index in [0.29, 0.717) is 34.5 Å². The van der Waals surface area contributed by atoms with Crippen LogP contribution in [0.15, 0.2) is 77.7 Å². The Bertz CT molecular complexity index is 1390. The van der Waals surface area contributed by atoms with Crippen LogP contribution in [0.25, 0.3) is 0 Å². The minimum absolute atomic E-state index is 0.00933. The van der Waals surface area contributed by atoms with Gasteiger partial charge < -0.3 is 15.4 Å². The molecule has 0 radical (unpaired) electrons. The fourth-order valence-electron chi connectivity index (χ4n) is 3.79. The minimum Gasteiger partial charge on any atom is -0.462 e. The molecule has 9 nitrogen and oxygen atoms in total. The molecule has 3 N–H and O–H groups in total. The maximum Gasteiger partial charge on any atom is 0.338 e. The highest BCUT2D eigenvalue weighted by Gasteiger charge is 2.28. The number of sulfonamides is 1. The Labute approximate surface area is 208 Å². The lowest BCUT2D eigenvalue weighted by atomic mass is 10.0. The second-order valence-electron chi connectivity index (χ2n) is 8.12. The van der Waals surface area contributed by atoms with E-state index in [1.54, 1.807) is 55.5 Å². The van der Waals surface area contributed by atoms with Gasteiger partial charge in [0.15, 0.2) is 0 Å². The largest absolute Gasteiger partial charge is 0.462 e. The van der Waals surface area contributed by atoms with Crippen LogP contribution in [-0.4, -0.2) is 32.8 Å². The van der Waals surface area contributed by atoms with Crippen molar-refractivity contribution in [3.8, 4) is 0 Å². The number of esters is 1. The maximum atomic E-state index is 13.3. The van der Waals surface area contributed by atoms with Crippen molar-refractivity contribution < 1.29 is 27.5 Å². The monoisotopic (exact) mass is 507 g/mol. The van der Waals surface area contributed by atoms with Gasteiger partial charge in [0.05, 0.1) is 17.1 Å². The van der Waals surface area contributed by atoms with Gasteiger partial charge >= 0.3 is 5.97 Å². The van der Waals surface area contributed by atoms with E-state index in [9.17, 15) is 22.8 Å². The summed E-state index contributed by atoms with van der Waals surface area (Å²) in [5.74, 6) is -1.19. The molecule has 4 rings (SSSR count). The average Bonchev–Trinajstić information content (AvgIpc) is 2.88. The summed E-state index contributed by atoms with van der Waals surface area (Å²) in [5, 5.41) is 5.42. The van der Waals surface area contributed by atoms with Gasteiger partial charge in [0.1, 0.15) is 6.04 Å². The van der Waals surface area contributed by atoms with Gasteiger partial charge in [-0.3, -0.25) is 9.59 Å². The summed E-state index contributed by atoms with van der Waals surface area (Å²) < 4.78 is 34.0. The zero-order chi connectivity index (χ0) is 25.7. The molecule has 3 aromatic rings. The number of carbonyl (C=O) groups is 3. The Morgan fingerprint density at radius 2 is 1.72 bits per heavy atom. The first-order valence-corrected chi connectivity index (χ1v) is 12.8. The normalized spacial score (nSPS) is 13.8. The van der Waals surface area contributed by atoms with Gasteiger partial charge in [-0.1, -0.05) is 30.3 Å². The summed E-state index contributed by atoms with van der Waals surface area (Å²) in [6.45, 7) is 1.95. The third kappa shape index (κ3) is 5.78. The molecule has 10 heteroatoms. The van der Waals surface area contributed by atoms with Crippen molar-refractivity contribution in [1.82, 2.24) is 4.72 Å². The lowest BCUT2D eigenvalue weighted by molar-refractivity contribution is -0.118. The Hall–Kier alpha value is -4.02. The topological polar surface area (TPSA) is 131 Å². The van der Waals surface area contributed by atoms with Crippen molar-refractivity contribution in [2.45, 2.75) is 30.7 Å². The molecule has 0 bridgehead atoms. The average molecular weight is 508 g/mol. The summed E-state index contributed by atoms with van der Waals surface area (Å²) >= 11 is 0. The number of nitrogens with one attached hydrogen (secondary N) is 3. The second kappa shape index (κ2) is 10.7. The predicted octanol–water partition coefficient (Wildman–Crippen LogP) is 3.41. The number of rotatable bonds is 8. The van der Waals surface area contributed by atoms with Crippen LogP contribution in [0.4, 0.5) is 11.4 Å². The Kier molecular flexibility index (Phi) is 7.47. The highest BCUT2D eigenvalue weighted by Crippen LogP contribution is 2.27. The number of hydrogen-bond donors (Lipinski definition) is 3. The quantitative estimate of drug-likeness (QED) is 0.401. The van der Waals surface area contributed by atoms with E-state index < -0.39 is 27.9 Å². The van der Waals surface area contributed by atoms with E-state index in [-0.39, 0.29) is 23.8 Å². The molecule has 0 saturated heterocycles. The molecule has 36 heavy (non-hydrogen) atoms. The van der Waals surface area contributed by atoms with Crippen molar-refractivity contribution in [1.29, 1.82) is 0 Å². The lowest BCUT2D eigenvalue weighted by Crippen LogP contribution is -2.37. The third-order valence-corrected chi connectivity index (χ3v) is 7.03. The van der Waals surface area contributed by atoms with Gasteiger partial charge in [-0.2, -0.15) is 4.72 Å². The van der Waals surface area contributed by atoms with Crippen LogP contribution in [0.2, 0.25) is 0 Å². The molecule has 1 aliphatic heterocycles. The number of anilines is 2. The molecule has 1 heterocycles. The number of fused-ring (bicyclic) bond motifs is 1. The van der Waals surface area contributed by atoms with Crippen LogP contribution in [0.1, 0.15) is 40.9 Å². The maximum absolute atomic E-state index is 13.3. The van der Waals surface area contributed by atoms with Crippen LogP contribution in [-0.2, 0) is 30.8 Å². The molecular weight excluding hydrogens is 482 g/mol. The fraction of sp³-hybridized carbons (Fsp3) is 0.192. The molecular formula is C26H25N3O6S. The first kappa shape index (κ1) is 25.1. The van der Waals surface area contributed by atoms with Gasteiger partial charge in [0.25, 0.3) is 0 Å². The summed E-state index contributed by atoms with van der Waals surface area (Å²) in [5.41, 5.74) is 2.46. The fourth-order valence-corrected chi connectivity index (χ4v) is 5.02. The van der Waals surface area contributed by atoms with Crippen molar-refractivity contribution in [2.75, 3.05) is 17.2 Å². The lowest BCUT2D eigenvalue weighted by Gasteiger charge is -2.21. The van der Waals surface area contributed by atoms with Gasteiger partial charge in [-0.25, -0.2) is 13.2 Å². The minimum atomic E-state index is -4.10. The Morgan fingerprint density at radius 1 is 1.00 bits per heavy atom. The van der Waals surface area contributed by atoms with Crippen molar-refractivity contribution in [3.63, 3.8) is 0 Å². The zero-order valence-corrected chi connectivity index (χ0v) is 20.3. The summed E-state index contributed by atoms with van der Waals surface area (Å²) in [6.07, 6.45) is 0.697. The second-order valence-corrected chi connectivity index (χ2v) is 9.83. The number of hydrogen-bond acceptors (Lipinski definition) is 6. The van der Waals surface area contributed by atoms with Crippen molar-refractivity contribution in [2.24, 2.45) is 0 Å². The summed E-state index contributed by atoms with van der Waals surface area (Å²) in [4.78, 5) is 36.7. The summed E-state index contributed by atoms with van der Waals surface area (Å²) in [6, 6.07) is 17.8. The highest BCUT2D eigenvalue weighted by atomic mass is 32.2. The predicted molar refractivity (Wildman–Crippen MR) is 134 cm³/mol. The molecule has 186 valence electrons.